The van der Waals surface area contributed by atoms with E-state index in [2.05, 4.69) is 27.6 Å². The van der Waals surface area contributed by atoms with Crippen LogP contribution >= 0.6 is 24.0 Å². The molecule has 2 N–H and O–H groups in total. The highest BCUT2D eigenvalue weighted by molar-refractivity contribution is 14.0. The van der Waals surface area contributed by atoms with E-state index in [0.29, 0.717) is 12.1 Å². The van der Waals surface area contributed by atoms with Crippen molar-refractivity contribution in [2.45, 2.75) is 19.9 Å². The molecule has 0 heterocycles. The number of ether oxygens (including phenoxy) is 1. The molecule has 1 rings (SSSR count). The van der Waals surface area contributed by atoms with Crippen molar-refractivity contribution in [1.29, 1.82) is 0 Å². The molecule has 0 aromatic heterocycles. The zero-order valence-electron chi connectivity index (χ0n) is 14.8. The van der Waals surface area contributed by atoms with Gasteiger partial charge in [0, 0.05) is 32.3 Å². The van der Waals surface area contributed by atoms with E-state index in [9.17, 15) is 4.39 Å². The molecule has 0 aliphatic rings. The van der Waals surface area contributed by atoms with Crippen molar-refractivity contribution in [3.63, 3.8) is 0 Å². The maximum atomic E-state index is 13.6. The van der Waals surface area contributed by atoms with Crippen molar-refractivity contribution in [1.82, 2.24) is 15.5 Å². The van der Waals surface area contributed by atoms with Gasteiger partial charge in [-0.15, -0.1) is 24.0 Å². The van der Waals surface area contributed by atoms with Gasteiger partial charge in [0.2, 0.25) is 0 Å². The molecule has 1 aromatic rings. The molecule has 24 heavy (non-hydrogen) atoms. The van der Waals surface area contributed by atoms with Gasteiger partial charge in [0.05, 0.1) is 13.2 Å². The van der Waals surface area contributed by atoms with Gasteiger partial charge < -0.3 is 20.3 Å². The molecular weight excluding hydrogens is 422 g/mol. The third kappa shape index (κ3) is 10.0. The lowest BCUT2D eigenvalue weighted by Crippen LogP contribution is -2.38. The highest BCUT2D eigenvalue weighted by atomic mass is 127. The molecule has 0 aliphatic carbocycles. The molecule has 138 valence electrons. The van der Waals surface area contributed by atoms with Crippen LogP contribution in [-0.2, 0) is 11.3 Å². The SMILES string of the molecule is CCNC(=NCc1ccccc1F)NCCCN(C)CCOC.I. The van der Waals surface area contributed by atoms with Gasteiger partial charge in [0.15, 0.2) is 5.96 Å². The second-order valence-corrected chi connectivity index (χ2v) is 5.36. The smallest absolute Gasteiger partial charge is 0.191 e. The highest BCUT2D eigenvalue weighted by Gasteiger charge is 2.02. The van der Waals surface area contributed by atoms with E-state index >= 15 is 0 Å². The number of halogens is 2. The summed E-state index contributed by atoms with van der Waals surface area (Å²) in [5.74, 6) is 0.502. The van der Waals surface area contributed by atoms with Gasteiger partial charge in [-0.25, -0.2) is 9.38 Å². The molecule has 0 amide bonds. The molecule has 0 aliphatic heterocycles. The fourth-order valence-corrected chi connectivity index (χ4v) is 2.05. The summed E-state index contributed by atoms with van der Waals surface area (Å²) in [5.41, 5.74) is 0.601. The van der Waals surface area contributed by atoms with E-state index in [1.54, 1.807) is 19.2 Å². The fourth-order valence-electron chi connectivity index (χ4n) is 2.05. The summed E-state index contributed by atoms with van der Waals surface area (Å²) >= 11 is 0. The average molecular weight is 452 g/mol. The maximum absolute atomic E-state index is 13.6. The third-order valence-corrected chi connectivity index (χ3v) is 3.40. The Morgan fingerprint density at radius 2 is 2.00 bits per heavy atom. The van der Waals surface area contributed by atoms with Crippen molar-refractivity contribution in [2.75, 3.05) is 46.9 Å². The Labute approximate surface area is 162 Å². The number of rotatable bonds is 10. The van der Waals surface area contributed by atoms with Crippen LogP contribution in [0.25, 0.3) is 0 Å². The van der Waals surface area contributed by atoms with Gasteiger partial charge in [0.1, 0.15) is 5.82 Å². The van der Waals surface area contributed by atoms with E-state index < -0.39 is 0 Å². The number of hydrogen-bond acceptors (Lipinski definition) is 3. The van der Waals surface area contributed by atoms with E-state index in [4.69, 9.17) is 4.74 Å². The summed E-state index contributed by atoms with van der Waals surface area (Å²) in [4.78, 5) is 6.66. The zero-order valence-corrected chi connectivity index (χ0v) is 17.2. The van der Waals surface area contributed by atoms with Gasteiger partial charge in [-0.2, -0.15) is 0 Å². The Hall–Kier alpha value is -0.930. The molecule has 0 saturated carbocycles. The average Bonchev–Trinajstić information content (AvgIpc) is 2.55. The van der Waals surface area contributed by atoms with Crippen LogP contribution in [0.2, 0.25) is 0 Å². The van der Waals surface area contributed by atoms with Crippen molar-refractivity contribution >= 4 is 29.9 Å². The maximum Gasteiger partial charge on any atom is 0.191 e. The van der Waals surface area contributed by atoms with Crippen LogP contribution in [0.15, 0.2) is 29.3 Å². The number of methoxy groups -OCH3 is 1. The summed E-state index contributed by atoms with van der Waals surface area (Å²) in [5, 5.41) is 6.46. The standard InChI is InChI=1S/C17H29FN4O.HI/c1-4-19-17(20-10-7-11-22(2)12-13-23-3)21-14-15-8-5-6-9-16(15)18;/h5-6,8-9H,4,7,10-14H2,1-3H3,(H2,19,20,21);1H. The number of nitrogens with one attached hydrogen (secondary N) is 2. The lowest BCUT2D eigenvalue weighted by atomic mass is 10.2. The Morgan fingerprint density at radius 3 is 2.67 bits per heavy atom. The zero-order chi connectivity index (χ0) is 16.9. The second kappa shape index (κ2) is 14.4. The fraction of sp³-hybridized carbons (Fsp3) is 0.588. The van der Waals surface area contributed by atoms with Gasteiger partial charge >= 0.3 is 0 Å². The van der Waals surface area contributed by atoms with E-state index in [1.807, 2.05) is 13.0 Å². The molecule has 0 fully saturated rings. The van der Waals surface area contributed by atoms with Crippen LogP contribution < -0.4 is 10.6 Å². The summed E-state index contributed by atoms with van der Waals surface area (Å²) in [6.45, 7) is 6.60. The quantitative estimate of drug-likeness (QED) is 0.248. The van der Waals surface area contributed by atoms with Crippen molar-refractivity contribution in [3.8, 4) is 0 Å². The highest BCUT2D eigenvalue weighted by Crippen LogP contribution is 2.07. The Kier molecular flexibility index (Phi) is 13.9. The first-order chi connectivity index (χ1) is 11.2. The van der Waals surface area contributed by atoms with Crippen LogP contribution in [0.5, 0.6) is 0 Å². The molecule has 1 aromatic carbocycles. The minimum absolute atomic E-state index is 0. The predicted octanol–water partition coefficient (Wildman–Crippen LogP) is 2.47. The summed E-state index contributed by atoms with van der Waals surface area (Å²) in [6.07, 6.45) is 1.00. The number of nitrogens with zero attached hydrogens (tertiary/aromatic N) is 2. The lowest BCUT2D eigenvalue weighted by molar-refractivity contribution is 0.161. The number of likely N-dealkylation sites (N-methyl/N-ethyl adjacent to an activating group) is 1. The summed E-state index contributed by atoms with van der Waals surface area (Å²) in [6, 6.07) is 6.73. The van der Waals surface area contributed by atoms with Crippen LogP contribution in [0.1, 0.15) is 18.9 Å². The Bertz CT molecular complexity index is 474. The number of benzene rings is 1. The molecule has 0 radical (unpaired) electrons. The molecular formula is C17H30FIN4O. The topological polar surface area (TPSA) is 48.9 Å². The Balaban J connectivity index is 0.00000529. The molecule has 0 unspecified atom stereocenters. The molecule has 0 saturated heterocycles. The van der Waals surface area contributed by atoms with Gasteiger partial charge in [-0.1, -0.05) is 18.2 Å². The first kappa shape index (κ1) is 23.1. The molecule has 0 bridgehead atoms. The lowest BCUT2D eigenvalue weighted by Gasteiger charge is -2.17. The first-order valence-corrected chi connectivity index (χ1v) is 8.10. The normalized spacial score (nSPS) is 11.3. The third-order valence-electron chi connectivity index (χ3n) is 3.40. The summed E-state index contributed by atoms with van der Waals surface area (Å²) < 4.78 is 18.7. The summed E-state index contributed by atoms with van der Waals surface area (Å²) in [7, 11) is 3.79. The van der Waals surface area contributed by atoms with Crippen LogP contribution in [0.3, 0.4) is 0 Å². The van der Waals surface area contributed by atoms with Gasteiger partial charge in [-0.05, 0) is 33.0 Å². The number of hydrogen-bond donors (Lipinski definition) is 2. The van der Waals surface area contributed by atoms with Crippen molar-refractivity contribution < 1.29 is 9.13 Å². The molecule has 5 nitrogen and oxygen atoms in total. The first-order valence-electron chi connectivity index (χ1n) is 8.10. The molecule has 0 spiro atoms. The Morgan fingerprint density at radius 1 is 1.25 bits per heavy atom. The van der Waals surface area contributed by atoms with Crippen LogP contribution in [-0.4, -0.2) is 57.8 Å². The predicted molar refractivity (Wildman–Crippen MR) is 109 cm³/mol. The minimum Gasteiger partial charge on any atom is -0.383 e. The minimum atomic E-state index is -0.216. The van der Waals surface area contributed by atoms with Crippen LogP contribution in [0, 0.1) is 5.82 Å². The van der Waals surface area contributed by atoms with Crippen molar-refractivity contribution in [2.24, 2.45) is 4.99 Å². The number of aliphatic imine (C=N–C) groups is 1. The van der Waals surface area contributed by atoms with Gasteiger partial charge in [0.25, 0.3) is 0 Å². The van der Waals surface area contributed by atoms with Crippen LogP contribution in [0.4, 0.5) is 4.39 Å². The number of guanidine groups is 1. The van der Waals surface area contributed by atoms with Gasteiger partial charge in [-0.3, -0.25) is 0 Å². The van der Waals surface area contributed by atoms with E-state index in [1.165, 1.54) is 6.07 Å². The van der Waals surface area contributed by atoms with E-state index in [0.717, 1.165) is 45.2 Å². The largest absolute Gasteiger partial charge is 0.383 e. The second-order valence-electron chi connectivity index (χ2n) is 5.36. The van der Waals surface area contributed by atoms with Crippen molar-refractivity contribution in [3.05, 3.63) is 35.6 Å². The molecule has 7 heteroatoms. The van der Waals surface area contributed by atoms with E-state index in [-0.39, 0.29) is 29.8 Å². The monoisotopic (exact) mass is 452 g/mol. The molecule has 0 atom stereocenters.